The Hall–Kier alpha value is -4.16. The van der Waals surface area contributed by atoms with Crippen LogP contribution in [0.25, 0.3) is 22.3 Å². The van der Waals surface area contributed by atoms with Gasteiger partial charge in [0, 0.05) is 24.2 Å². The fraction of sp³-hybridized carbons (Fsp3) is 0.429. The lowest BCUT2D eigenvalue weighted by Crippen LogP contribution is -2.10. The first-order valence-electron chi connectivity index (χ1n) is 17.5. The summed E-state index contributed by atoms with van der Waals surface area (Å²) in [6, 6.07) is 20.0. The molecule has 48 heavy (non-hydrogen) atoms. The van der Waals surface area contributed by atoms with Crippen molar-refractivity contribution in [1.82, 2.24) is 0 Å². The van der Waals surface area contributed by atoms with Crippen LogP contribution in [0.4, 0.5) is 0 Å². The second kappa shape index (κ2) is 20.3. The van der Waals surface area contributed by atoms with Crippen LogP contribution < -0.4 is 4.74 Å². The van der Waals surface area contributed by atoms with Crippen LogP contribution in [0.2, 0.25) is 0 Å². The third-order valence-corrected chi connectivity index (χ3v) is 8.29. The number of ether oxygens (including phenoxy) is 3. The largest absolute Gasteiger partial charge is 0.493 e. The smallest absolute Gasteiger partial charge is 0.333 e. The highest BCUT2D eigenvalue weighted by Gasteiger charge is 2.17. The number of aryl methyl sites for hydroxylation is 4. The van der Waals surface area contributed by atoms with E-state index in [0.717, 1.165) is 40.8 Å². The van der Waals surface area contributed by atoms with E-state index in [4.69, 9.17) is 14.2 Å². The quantitative estimate of drug-likeness (QED) is 0.0701. The molecule has 0 fully saturated rings. The maximum atomic E-state index is 12.0. The second-order valence-corrected chi connectivity index (χ2v) is 12.5. The fourth-order valence-electron chi connectivity index (χ4n) is 5.60. The Morgan fingerprint density at radius 2 is 1.21 bits per heavy atom. The van der Waals surface area contributed by atoms with E-state index in [1.807, 2.05) is 0 Å². The lowest BCUT2D eigenvalue weighted by molar-refractivity contribution is -0.139. The van der Waals surface area contributed by atoms with E-state index in [9.17, 15) is 14.7 Å². The molecule has 0 amide bonds. The number of esters is 2. The molecule has 0 atom stereocenters. The van der Waals surface area contributed by atoms with Gasteiger partial charge in [-0.3, -0.25) is 0 Å². The Kier molecular flexibility index (Phi) is 16.2. The Morgan fingerprint density at radius 3 is 1.73 bits per heavy atom. The number of carbonyl (C=O) groups is 2. The molecule has 0 saturated heterocycles. The summed E-state index contributed by atoms with van der Waals surface area (Å²) in [5, 5.41) is 9.44. The average Bonchev–Trinajstić information content (AvgIpc) is 3.09. The number of benzene rings is 3. The molecule has 258 valence electrons. The van der Waals surface area contributed by atoms with Crippen molar-refractivity contribution >= 4 is 11.9 Å². The van der Waals surface area contributed by atoms with Crippen molar-refractivity contribution in [3.8, 4) is 28.0 Å². The van der Waals surface area contributed by atoms with Gasteiger partial charge < -0.3 is 19.3 Å². The Bertz CT molecular complexity index is 1460. The van der Waals surface area contributed by atoms with Crippen molar-refractivity contribution in [2.45, 2.75) is 91.9 Å². The van der Waals surface area contributed by atoms with Crippen molar-refractivity contribution in [3.63, 3.8) is 0 Å². The lowest BCUT2D eigenvalue weighted by atomic mass is 9.89. The van der Waals surface area contributed by atoms with Crippen LogP contribution in [0, 0.1) is 0 Å². The third kappa shape index (κ3) is 11.8. The van der Waals surface area contributed by atoms with Gasteiger partial charge in [-0.05, 0) is 115 Å². The van der Waals surface area contributed by atoms with Gasteiger partial charge in [-0.15, -0.1) is 0 Å². The van der Waals surface area contributed by atoms with Crippen LogP contribution >= 0.6 is 0 Å². The van der Waals surface area contributed by atoms with E-state index in [-0.39, 0.29) is 19.8 Å². The van der Waals surface area contributed by atoms with Crippen LogP contribution in [0.5, 0.6) is 5.75 Å². The van der Waals surface area contributed by atoms with Crippen molar-refractivity contribution in [1.29, 1.82) is 0 Å². The van der Waals surface area contributed by atoms with E-state index in [2.05, 4.69) is 81.6 Å². The molecule has 3 aromatic carbocycles. The molecule has 0 spiro atoms. The van der Waals surface area contributed by atoms with Gasteiger partial charge in [-0.2, -0.15) is 0 Å². The molecule has 0 radical (unpaired) electrons. The highest BCUT2D eigenvalue weighted by atomic mass is 16.5. The molecule has 6 nitrogen and oxygen atoms in total. The van der Waals surface area contributed by atoms with Gasteiger partial charge in [0.25, 0.3) is 0 Å². The first-order valence-corrected chi connectivity index (χ1v) is 17.5. The Balaban J connectivity index is 1.97. The molecule has 0 aromatic heterocycles. The summed E-state index contributed by atoms with van der Waals surface area (Å²) in [5.74, 6) is -0.0164. The first-order chi connectivity index (χ1) is 23.2. The minimum atomic E-state index is -0.396. The number of aliphatic hydroxyl groups excluding tert-OH is 1. The summed E-state index contributed by atoms with van der Waals surface area (Å²) in [5.41, 5.74) is 10.0. The minimum absolute atomic E-state index is 0.0320. The zero-order valence-electron chi connectivity index (χ0n) is 29.5. The van der Waals surface area contributed by atoms with Gasteiger partial charge in [0.2, 0.25) is 0 Å². The topological polar surface area (TPSA) is 82.1 Å². The van der Waals surface area contributed by atoms with Crippen molar-refractivity contribution < 1.29 is 28.9 Å². The second-order valence-electron chi connectivity index (χ2n) is 12.5. The van der Waals surface area contributed by atoms with E-state index >= 15 is 0 Å². The zero-order chi connectivity index (χ0) is 34.9. The molecule has 1 N–H and O–H groups in total. The molecule has 6 heteroatoms. The summed E-state index contributed by atoms with van der Waals surface area (Å²) < 4.78 is 17.1. The lowest BCUT2D eigenvalue weighted by Gasteiger charge is -2.20. The van der Waals surface area contributed by atoms with E-state index < -0.39 is 11.9 Å². The summed E-state index contributed by atoms with van der Waals surface area (Å²) >= 11 is 0. The van der Waals surface area contributed by atoms with Gasteiger partial charge in [0.1, 0.15) is 5.75 Å². The third-order valence-electron chi connectivity index (χ3n) is 8.29. The molecule has 3 rings (SSSR count). The number of unbranched alkanes of at least 4 members (excludes halogenated alkanes) is 2. The number of hydrogen-bond acceptors (Lipinski definition) is 6. The molecule has 0 bridgehead atoms. The van der Waals surface area contributed by atoms with Crippen molar-refractivity contribution in [2.24, 2.45) is 0 Å². The Morgan fingerprint density at radius 1 is 0.646 bits per heavy atom. The predicted molar refractivity (Wildman–Crippen MR) is 195 cm³/mol. The molecular weight excluding hydrogens is 600 g/mol. The highest BCUT2D eigenvalue weighted by molar-refractivity contribution is 5.87. The van der Waals surface area contributed by atoms with Gasteiger partial charge in [-0.25, -0.2) is 9.59 Å². The van der Waals surface area contributed by atoms with Gasteiger partial charge >= 0.3 is 11.9 Å². The van der Waals surface area contributed by atoms with Gasteiger partial charge in [-0.1, -0.05) is 82.3 Å². The number of carbonyl (C=O) groups excluding carboxylic acids is 2. The van der Waals surface area contributed by atoms with E-state index in [1.165, 1.54) is 41.5 Å². The number of rotatable bonds is 21. The maximum Gasteiger partial charge on any atom is 0.333 e. The van der Waals surface area contributed by atoms with Crippen LogP contribution in [0.3, 0.4) is 0 Å². The molecule has 3 aromatic rings. The summed E-state index contributed by atoms with van der Waals surface area (Å²) in [7, 11) is 0. The highest BCUT2D eigenvalue weighted by Crippen LogP contribution is 2.36. The summed E-state index contributed by atoms with van der Waals surface area (Å²) in [6.07, 6.45) is 8.69. The van der Waals surface area contributed by atoms with Gasteiger partial charge in [0.05, 0.1) is 19.8 Å². The monoisotopic (exact) mass is 654 g/mol. The Labute approximate surface area is 287 Å². The SMILES string of the molecule is C=C(C)C(=O)OCCCc1cc(-c2ccc(-c3ccc(CCCCC)cc3)cc2CC)cc(CCCOC(=O)C(=C)C)c1OCCCO. The summed E-state index contributed by atoms with van der Waals surface area (Å²) in [4.78, 5) is 24.0. The molecular formula is C42H54O6. The summed E-state index contributed by atoms with van der Waals surface area (Å²) in [6.45, 7) is 16.0. The zero-order valence-corrected chi connectivity index (χ0v) is 29.5. The van der Waals surface area contributed by atoms with E-state index in [1.54, 1.807) is 13.8 Å². The molecule has 0 unspecified atom stereocenters. The van der Waals surface area contributed by atoms with Crippen molar-refractivity contribution in [2.75, 3.05) is 26.4 Å². The predicted octanol–water partition coefficient (Wildman–Crippen LogP) is 9.18. The standard InChI is InChI=1S/C42H54O6/c1-7-9-10-14-32-17-19-34(20-18-32)35-21-22-39(33(8-2)27-35)38-28-36(15-11-24-47-41(44)30(3)4)40(46-26-13-23-43)37(29-38)16-12-25-48-42(45)31(5)6/h17-22,27-29,43H,3,5,7-16,23-26H2,1-2,4,6H3. The number of aliphatic hydroxyl groups is 1. The van der Waals surface area contributed by atoms with Crippen molar-refractivity contribution in [3.05, 3.63) is 101 Å². The molecule has 0 heterocycles. The first kappa shape index (κ1) is 38.3. The normalized spacial score (nSPS) is 10.9. The fourth-order valence-corrected chi connectivity index (χ4v) is 5.60. The maximum absolute atomic E-state index is 12.0. The molecule has 0 aliphatic heterocycles. The van der Waals surface area contributed by atoms with E-state index in [0.29, 0.717) is 49.9 Å². The van der Waals surface area contributed by atoms with Crippen LogP contribution in [-0.2, 0) is 44.7 Å². The molecule has 0 aliphatic carbocycles. The van der Waals surface area contributed by atoms with Gasteiger partial charge in [0.15, 0.2) is 0 Å². The molecule has 0 saturated carbocycles. The average molecular weight is 655 g/mol. The van der Waals surface area contributed by atoms with Crippen LogP contribution in [0.1, 0.15) is 88.5 Å². The van der Waals surface area contributed by atoms with Crippen LogP contribution in [0.15, 0.2) is 78.9 Å². The minimum Gasteiger partial charge on any atom is -0.493 e. The molecule has 0 aliphatic rings. The number of hydrogen-bond donors (Lipinski definition) is 1. The van der Waals surface area contributed by atoms with Crippen LogP contribution in [-0.4, -0.2) is 43.5 Å².